The van der Waals surface area contributed by atoms with E-state index in [0.717, 1.165) is 6.42 Å². The van der Waals surface area contributed by atoms with E-state index in [1.54, 1.807) is 0 Å². The van der Waals surface area contributed by atoms with Gasteiger partial charge in [0.1, 0.15) is 11.6 Å². The number of ether oxygens (including phenoxy) is 1. The van der Waals surface area contributed by atoms with Gasteiger partial charge in [0.25, 0.3) is 5.69 Å². The molecule has 2 heterocycles. The first-order chi connectivity index (χ1) is 9.44. The van der Waals surface area contributed by atoms with Crippen LogP contribution in [0.15, 0.2) is 12.1 Å². The molecule has 1 aliphatic heterocycles. The zero-order valence-corrected chi connectivity index (χ0v) is 12.0. The lowest BCUT2D eigenvalue weighted by Crippen LogP contribution is -2.41. The Hall–Kier alpha value is -1.89. The number of hydrogen-bond acceptors (Lipinski definition) is 6. The summed E-state index contributed by atoms with van der Waals surface area (Å²) >= 11 is 0. The summed E-state index contributed by atoms with van der Waals surface area (Å²) in [5, 5.41) is 17.3. The normalized spacial score (nSPS) is 25.4. The van der Waals surface area contributed by atoms with Gasteiger partial charge in [-0.05, 0) is 27.2 Å². The van der Waals surface area contributed by atoms with Crippen molar-refractivity contribution < 1.29 is 9.66 Å². The van der Waals surface area contributed by atoms with Crippen LogP contribution in [0.3, 0.4) is 0 Å². The topological polar surface area (TPSA) is 89.3 Å². The van der Waals surface area contributed by atoms with E-state index in [0.29, 0.717) is 24.8 Å². The van der Waals surface area contributed by atoms with Crippen molar-refractivity contribution in [1.82, 2.24) is 4.98 Å². The Bertz CT molecular complexity index is 508. The second kappa shape index (κ2) is 5.62. The zero-order chi connectivity index (χ0) is 14.8. The minimum atomic E-state index is -0.412. The van der Waals surface area contributed by atoms with Crippen LogP contribution < -0.4 is 10.6 Å². The fourth-order valence-corrected chi connectivity index (χ4v) is 2.25. The molecule has 2 unspecified atom stereocenters. The van der Waals surface area contributed by atoms with Crippen LogP contribution in [0.4, 0.5) is 17.3 Å². The molecule has 2 N–H and O–H groups in total. The summed E-state index contributed by atoms with van der Waals surface area (Å²) in [6.07, 6.45) is 0.876. The van der Waals surface area contributed by atoms with Gasteiger partial charge in [-0.2, -0.15) is 0 Å². The lowest BCUT2D eigenvalue weighted by Gasteiger charge is -2.29. The van der Waals surface area contributed by atoms with Crippen molar-refractivity contribution in [3.05, 3.63) is 22.2 Å². The van der Waals surface area contributed by atoms with Gasteiger partial charge in [0, 0.05) is 13.2 Å². The van der Waals surface area contributed by atoms with E-state index in [9.17, 15) is 10.1 Å². The third kappa shape index (κ3) is 2.98. The van der Waals surface area contributed by atoms with Gasteiger partial charge < -0.3 is 15.4 Å². The third-order valence-electron chi connectivity index (χ3n) is 3.68. The van der Waals surface area contributed by atoms with Crippen LogP contribution in [0.25, 0.3) is 0 Å². The minimum absolute atomic E-state index is 0.0219. The lowest BCUT2D eigenvalue weighted by atomic mass is 9.95. The molecule has 0 aliphatic carbocycles. The smallest absolute Gasteiger partial charge is 0.276 e. The van der Waals surface area contributed by atoms with E-state index >= 15 is 0 Å². The Morgan fingerprint density at radius 1 is 1.55 bits per heavy atom. The molecule has 0 spiro atoms. The molecule has 110 valence electrons. The molecule has 0 radical (unpaired) electrons. The van der Waals surface area contributed by atoms with Gasteiger partial charge in [-0.3, -0.25) is 10.1 Å². The number of nitrogens with one attached hydrogen (secondary N) is 2. The van der Waals surface area contributed by atoms with E-state index in [1.165, 1.54) is 12.1 Å². The first kappa shape index (κ1) is 14.5. The molecule has 7 heteroatoms. The number of rotatable bonds is 5. The number of hydrogen-bond donors (Lipinski definition) is 2. The summed E-state index contributed by atoms with van der Waals surface area (Å²) in [7, 11) is 0. The first-order valence-electron chi connectivity index (χ1n) is 6.75. The standard InChI is InChI=1S/C13H20N4O3/c1-4-14-11-7-10(17(18)19)8-12(15-11)16-13(3)5-6-20-9(13)2/h7-9H,4-6H2,1-3H3,(H2,14,15,16). The average molecular weight is 280 g/mol. The van der Waals surface area contributed by atoms with Crippen molar-refractivity contribution in [2.24, 2.45) is 0 Å². The summed E-state index contributed by atoms with van der Waals surface area (Å²) in [6.45, 7) is 7.28. The van der Waals surface area contributed by atoms with E-state index in [1.807, 2.05) is 20.8 Å². The lowest BCUT2D eigenvalue weighted by molar-refractivity contribution is -0.384. The maximum Gasteiger partial charge on any atom is 0.276 e. The molecule has 1 aromatic rings. The molecular formula is C13H20N4O3. The van der Waals surface area contributed by atoms with E-state index in [4.69, 9.17) is 4.74 Å². The van der Waals surface area contributed by atoms with Crippen molar-refractivity contribution in [3.8, 4) is 0 Å². The van der Waals surface area contributed by atoms with Crippen LogP contribution in [-0.4, -0.2) is 34.7 Å². The number of aromatic nitrogens is 1. The van der Waals surface area contributed by atoms with Crippen molar-refractivity contribution in [2.45, 2.75) is 38.8 Å². The molecule has 1 saturated heterocycles. The van der Waals surface area contributed by atoms with Crippen LogP contribution in [0.5, 0.6) is 0 Å². The highest BCUT2D eigenvalue weighted by molar-refractivity contribution is 5.55. The monoisotopic (exact) mass is 280 g/mol. The highest BCUT2D eigenvalue weighted by Gasteiger charge is 2.37. The van der Waals surface area contributed by atoms with Gasteiger partial charge >= 0.3 is 0 Å². The molecule has 7 nitrogen and oxygen atoms in total. The minimum Gasteiger partial charge on any atom is -0.376 e. The van der Waals surface area contributed by atoms with Crippen LogP contribution in [0, 0.1) is 10.1 Å². The highest BCUT2D eigenvalue weighted by atomic mass is 16.6. The first-order valence-corrected chi connectivity index (χ1v) is 6.75. The number of pyridine rings is 1. The molecule has 2 atom stereocenters. The summed E-state index contributed by atoms with van der Waals surface area (Å²) in [5.41, 5.74) is -0.236. The van der Waals surface area contributed by atoms with Crippen molar-refractivity contribution in [2.75, 3.05) is 23.8 Å². The van der Waals surface area contributed by atoms with Crippen molar-refractivity contribution in [1.29, 1.82) is 0 Å². The Balaban J connectivity index is 2.28. The second-order valence-electron chi connectivity index (χ2n) is 5.19. The number of anilines is 2. The Labute approximate surface area is 117 Å². The Kier molecular flexibility index (Phi) is 4.08. The van der Waals surface area contributed by atoms with E-state index in [2.05, 4.69) is 15.6 Å². The summed E-state index contributed by atoms with van der Waals surface area (Å²) < 4.78 is 5.56. The molecule has 0 bridgehead atoms. The SMILES string of the molecule is CCNc1cc([N+](=O)[O-])cc(NC2(C)CCOC2C)n1. The molecule has 1 aromatic heterocycles. The van der Waals surface area contributed by atoms with Crippen LogP contribution >= 0.6 is 0 Å². The molecule has 1 fully saturated rings. The van der Waals surface area contributed by atoms with Crippen LogP contribution in [0.2, 0.25) is 0 Å². The van der Waals surface area contributed by atoms with Gasteiger partial charge in [-0.25, -0.2) is 4.98 Å². The maximum atomic E-state index is 11.0. The van der Waals surface area contributed by atoms with Crippen LogP contribution in [0.1, 0.15) is 27.2 Å². The second-order valence-corrected chi connectivity index (χ2v) is 5.19. The van der Waals surface area contributed by atoms with E-state index in [-0.39, 0.29) is 17.3 Å². The Morgan fingerprint density at radius 2 is 2.25 bits per heavy atom. The van der Waals surface area contributed by atoms with Gasteiger partial charge in [0.05, 0.1) is 28.7 Å². The van der Waals surface area contributed by atoms with Crippen molar-refractivity contribution in [3.63, 3.8) is 0 Å². The fraction of sp³-hybridized carbons (Fsp3) is 0.615. The van der Waals surface area contributed by atoms with Gasteiger partial charge in [0.15, 0.2) is 0 Å². The predicted octanol–water partition coefficient (Wildman–Crippen LogP) is 2.40. The zero-order valence-electron chi connectivity index (χ0n) is 12.0. The Morgan fingerprint density at radius 3 is 2.80 bits per heavy atom. The third-order valence-corrected chi connectivity index (χ3v) is 3.68. The number of nitrogens with zero attached hydrogens (tertiary/aromatic N) is 2. The van der Waals surface area contributed by atoms with Crippen molar-refractivity contribution >= 4 is 17.3 Å². The van der Waals surface area contributed by atoms with Gasteiger partial charge in [0.2, 0.25) is 0 Å². The quantitative estimate of drug-likeness (QED) is 0.636. The van der Waals surface area contributed by atoms with Crippen LogP contribution in [-0.2, 0) is 4.74 Å². The number of nitro groups is 1. The van der Waals surface area contributed by atoms with Gasteiger partial charge in [-0.15, -0.1) is 0 Å². The summed E-state index contributed by atoms with van der Waals surface area (Å²) in [5.74, 6) is 0.995. The molecule has 1 aliphatic rings. The molecule has 20 heavy (non-hydrogen) atoms. The summed E-state index contributed by atoms with van der Waals surface area (Å²) in [4.78, 5) is 14.9. The van der Waals surface area contributed by atoms with Gasteiger partial charge in [-0.1, -0.05) is 0 Å². The largest absolute Gasteiger partial charge is 0.376 e. The van der Waals surface area contributed by atoms with E-state index < -0.39 is 4.92 Å². The maximum absolute atomic E-state index is 11.0. The predicted molar refractivity (Wildman–Crippen MR) is 77.1 cm³/mol. The molecule has 0 aromatic carbocycles. The molecule has 0 saturated carbocycles. The average Bonchev–Trinajstić information content (AvgIpc) is 2.69. The molecule has 2 rings (SSSR count). The fourth-order valence-electron chi connectivity index (χ4n) is 2.25. The molecule has 0 amide bonds. The molecular weight excluding hydrogens is 260 g/mol. The summed E-state index contributed by atoms with van der Waals surface area (Å²) in [6, 6.07) is 2.89. The highest BCUT2D eigenvalue weighted by Crippen LogP contribution is 2.30.